The molecule has 0 saturated carbocycles. The van der Waals surface area contributed by atoms with Gasteiger partial charge in [0, 0.05) is 40.9 Å². The maximum Gasteiger partial charge on any atom is 0.306 e. The summed E-state index contributed by atoms with van der Waals surface area (Å²) in [6, 6.07) is 12.0. The van der Waals surface area contributed by atoms with E-state index in [1.165, 1.54) is 20.3 Å². The maximum atomic E-state index is 14.9. The van der Waals surface area contributed by atoms with Crippen LogP contribution in [0.4, 0.5) is 4.39 Å². The average Bonchev–Trinajstić information content (AvgIpc) is 3.46. The number of nitrogens with zero attached hydrogens (tertiary/aromatic N) is 1. The fraction of sp³-hybridized carbons (Fsp3) is 0.308. The number of rotatable bonds is 7. The Labute approximate surface area is 196 Å². The van der Waals surface area contributed by atoms with Gasteiger partial charge in [-0.05, 0) is 37.1 Å². The van der Waals surface area contributed by atoms with Crippen LogP contribution in [0.25, 0.3) is 0 Å². The monoisotopic (exact) mass is 465 g/mol. The average molecular weight is 465 g/mol. The van der Waals surface area contributed by atoms with Gasteiger partial charge in [-0.1, -0.05) is 6.07 Å². The molecule has 176 valence electrons. The Morgan fingerprint density at radius 1 is 1.15 bits per heavy atom. The molecule has 7 nitrogen and oxygen atoms in total. The van der Waals surface area contributed by atoms with Crippen LogP contribution >= 0.6 is 0 Å². The van der Waals surface area contributed by atoms with Crippen molar-refractivity contribution in [1.82, 2.24) is 4.98 Å². The smallest absolute Gasteiger partial charge is 0.306 e. The lowest BCUT2D eigenvalue weighted by Crippen LogP contribution is -2.09. The third-order valence-corrected chi connectivity index (χ3v) is 6.17. The van der Waals surface area contributed by atoms with Gasteiger partial charge in [0.25, 0.3) is 0 Å². The Kier molecular flexibility index (Phi) is 5.96. The number of carbonyl (C=O) groups is 1. The van der Waals surface area contributed by atoms with Crippen molar-refractivity contribution < 1.29 is 32.9 Å². The standard InChI is InChI=1S/C26H24FNO6/c1-30-24-13-17(9-10-28-24)33-21-8-6-20(27)26-19(21)5-7-22(26)34-16-3-4-18-15(11-25(29)31-2)14-32-23(18)12-16/h3-4,6,8-10,12-13,15,22H,5,7,11,14H2,1-2H3/t15?,22-/m1/s1. The highest BCUT2D eigenvalue weighted by Gasteiger charge is 2.32. The first-order chi connectivity index (χ1) is 16.6. The van der Waals surface area contributed by atoms with Crippen LogP contribution in [0.3, 0.4) is 0 Å². The molecule has 2 heterocycles. The fourth-order valence-electron chi connectivity index (χ4n) is 4.50. The summed E-state index contributed by atoms with van der Waals surface area (Å²) in [4.78, 5) is 15.7. The minimum Gasteiger partial charge on any atom is -0.492 e. The summed E-state index contributed by atoms with van der Waals surface area (Å²) in [6.07, 6.45) is 2.65. The Balaban J connectivity index is 1.35. The van der Waals surface area contributed by atoms with Crippen LogP contribution < -0.4 is 18.9 Å². The van der Waals surface area contributed by atoms with Crippen LogP contribution in [0.1, 0.15) is 41.6 Å². The molecular weight excluding hydrogens is 441 g/mol. The van der Waals surface area contributed by atoms with Crippen molar-refractivity contribution in [1.29, 1.82) is 0 Å². The first-order valence-corrected chi connectivity index (χ1v) is 11.0. The molecule has 0 saturated heterocycles. The molecule has 0 radical (unpaired) electrons. The molecule has 1 aliphatic heterocycles. The zero-order valence-electron chi connectivity index (χ0n) is 18.9. The van der Waals surface area contributed by atoms with E-state index in [1.807, 2.05) is 12.1 Å². The van der Waals surface area contributed by atoms with E-state index in [0.29, 0.717) is 53.9 Å². The lowest BCUT2D eigenvalue weighted by molar-refractivity contribution is -0.141. The molecule has 0 N–H and O–H groups in total. The molecule has 1 aliphatic carbocycles. The van der Waals surface area contributed by atoms with E-state index in [4.69, 9.17) is 23.7 Å². The topological polar surface area (TPSA) is 76.1 Å². The van der Waals surface area contributed by atoms with E-state index < -0.39 is 6.10 Å². The first-order valence-electron chi connectivity index (χ1n) is 11.0. The Morgan fingerprint density at radius 2 is 2.03 bits per heavy atom. The Morgan fingerprint density at radius 3 is 2.85 bits per heavy atom. The van der Waals surface area contributed by atoms with Gasteiger partial charge in [-0.3, -0.25) is 4.79 Å². The molecule has 5 rings (SSSR count). The second-order valence-electron chi connectivity index (χ2n) is 8.21. The predicted octanol–water partition coefficient (Wildman–Crippen LogP) is 5.13. The highest BCUT2D eigenvalue weighted by atomic mass is 19.1. The molecule has 3 aromatic rings. The SMILES string of the molecule is COC(=O)CC1COc2cc(O[C@@H]3CCc4c(Oc5ccnc(OC)c5)ccc(F)c43)ccc21. The number of esters is 1. The number of halogens is 1. The summed E-state index contributed by atoms with van der Waals surface area (Å²) in [5, 5.41) is 0. The normalized spacial score (nSPS) is 18.0. The summed E-state index contributed by atoms with van der Waals surface area (Å²) < 4.78 is 42.8. The second-order valence-corrected chi connectivity index (χ2v) is 8.21. The highest BCUT2D eigenvalue weighted by Crippen LogP contribution is 2.44. The number of methoxy groups -OCH3 is 2. The molecule has 0 spiro atoms. The van der Waals surface area contributed by atoms with E-state index >= 15 is 0 Å². The predicted molar refractivity (Wildman–Crippen MR) is 120 cm³/mol. The second kappa shape index (κ2) is 9.21. The summed E-state index contributed by atoms with van der Waals surface area (Å²) in [5.74, 6) is 2.18. The number of fused-ring (bicyclic) bond motifs is 2. The number of ether oxygens (including phenoxy) is 5. The van der Waals surface area contributed by atoms with Gasteiger partial charge in [0.1, 0.15) is 34.9 Å². The van der Waals surface area contributed by atoms with Gasteiger partial charge in [0.15, 0.2) is 0 Å². The molecule has 8 heteroatoms. The van der Waals surface area contributed by atoms with Crippen LogP contribution in [0.15, 0.2) is 48.7 Å². The molecule has 2 atom stereocenters. The zero-order chi connectivity index (χ0) is 23.7. The quantitative estimate of drug-likeness (QED) is 0.448. The molecule has 0 fully saturated rings. The van der Waals surface area contributed by atoms with E-state index in [0.717, 1.165) is 11.1 Å². The highest BCUT2D eigenvalue weighted by molar-refractivity contribution is 5.71. The van der Waals surface area contributed by atoms with Gasteiger partial charge in [0.2, 0.25) is 5.88 Å². The molecule has 1 aromatic heterocycles. The van der Waals surface area contributed by atoms with Crippen molar-refractivity contribution in [2.45, 2.75) is 31.3 Å². The molecule has 1 unspecified atom stereocenters. The third kappa shape index (κ3) is 4.23. The van der Waals surface area contributed by atoms with Crippen LogP contribution in [0.5, 0.6) is 28.9 Å². The van der Waals surface area contributed by atoms with Crippen LogP contribution in [-0.2, 0) is 16.0 Å². The fourth-order valence-corrected chi connectivity index (χ4v) is 4.50. The number of hydrogen-bond acceptors (Lipinski definition) is 7. The Bertz CT molecular complexity index is 1230. The first kappa shape index (κ1) is 22.0. The van der Waals surface area contributed by atoms with Crippen molar-refractivity contribution in [2.24, 2.45) is 0 Å². The minimum absolute atomic E-state index is 0.0485. The summed E-state index contributed by atoms with van der Waals surface area (Å²) in [5.41, 5.74) is 2.24. The lowest BCUT2D eigenvalue weighted by atomic mass is 9.98. The molecular formula is C26H24FNO6. The zero-order valence-corrected chi connectivity index (χ0v) is 18.9. The molecule has 2 aromatic carbocycles. The molecule has 34 heavy (non-hydrogen) atoms. The van der Waals surface area contributed by atoms with E-state index in [2.05, 4.69) is 4.98 Å². The van der Waals surface area contributed by atoms with Crippen molar-refractivity contribution >= 4 is 5.97 Å². The number of pyridine rings is 1. The van der Waals surface area contributed by atoms with Gasteiger partial charge >= 0.3 is 5.97 Å². The Hall–Kier alpha value is -3.81. The number of benzene rings is 2. The van der Waals surface area contributed by atoms with Gasteiger partial charge in [0.05, 0.1) is 27.2 Å². The summed E-state index contributed by atoms with van der Waals surface area (Å²) in [7, 11) is 2.91. The van der Waals surface area contributed by atoms with Gasteiger partial charge < -0.3 is 23.7 Å². The molecule has 2 aliphatic rings. The van der Waals surface area contributed by atoms with Crippen LogP contribution in [0, 0.1) is 5.82 Å². The number of aromatic nitrogens is 1. The van der Waals surface area contributed by atoms with Crippen molar-refractivity contribution in [2.75, 3.05) is 20.8 Å². The minimum atomic E-state index is -0.448. The van der Waals surface area contributed by atoms with E-state index in [-0.39, 0.29) is 24.1 Å². The molecule has 0 bridgehead atoms. The van der Waals surface area contributed by atoms with Crippen LogP contribution in [-0.4, -0.2) is 31.8 Å². The van der Waals surface area contributed by atoms with Gasteiger partial charge in [-0.25, -0.2) is 9.37 Å². The van der Waals surface area contributed by atoms with Gasteiger partial charge in [-0.15, -0.1) is 0 Å². The van der Waals surface area contributed by atoms with Gasteiger partial charge in [-0.2, -0.15) is 0 Å². The van der Waals surface area contributed by atoms with Crippen molar-refractivity contribution in [3.05, 3.63) is 71.2 Å². The lowest BCUT2D eigenvalue weighted by Gasteiger charge is -2.17. The number of carbonyl (C=O) groups excluding carboxylic acids is 1. The molecule has 0 amide bonds. The third-order valence-electron chi connectivity index (χ3n) is 6.17. The summed E-state index contributed by atoms with van der Waals surface area (Å²) >= 11 is 0. The largest absolute Gasteiger partial charge is 0.492 e. The summed E-state index contributed by atoms with van der Waals surface area (Å²) in [6.45, 7) is 0.412. The maximum absolute atomic E-state index is 14.9. The van der Waals surface area contributed by atoms with Crippen molar-refractivity contribution in [3.8, 4) is 28.9 Å². The van der Waals surface area contributed by atoms with E-state index in [9.17, 15) is 9.18 Å². The van der Waals surface area contributed by atoms with Crippen LogP contribution in [0.2, 0.25) is 0 Å². The van der Waals surface area contributed by atoms with Crippen molar-refractivity contribution in [3.63, 3.8) is 0 Å². The number of hydrogen-bond donors (Lipinski definition) is 0. The van der Waals surface area contributed by atoms with E-state index in [1.54, 1.807) is 30.5 Å².